The molecular formula is C24H27NO3. The zero-order valence-corrected chi connectivity index (χ0v) is 17.0. The van der Waals surface area contributed by atoms with Gasteiger partial charge in [-0.05, 0) is 80.8 Å². The van der Waals surface area contributed by atoms with E-state index in [9.17, 15) is 4.79 Å². The molecule has 0 aliphatic rings. The summed E-state index contributed by atoms with van der Waals surface area (Å²) in [7, 11) is 1.67. The van der Waals surface area contributed by atoms with Crippen molar-refractivity contribution in [3.8, 4) is 22.7 Å². The Morgan fingerprint density at radius 3 is 2.39 bits per heavy atom. The summed E-state index contributed by atoms with van der Waals surface area (Å²) in [5.74, 6) is 0.665. The van der Waals surface area contributed by atoms with E-state index in [-0.39, 0.29) is 5.97 Å². The SMILES string of the molecule is CCOC(=O)CCc1ccc(-c2ccc(OC)cc2)n1-c1ccc(C)cc1C. The Hall–Kier alpha value is -3.01. The number of methoxy groups -OCH3 is 1. The summed E-state index contributed by atoms with van der Waals surface area (Å²) in [5, 5.41) is 0. The zero-order chi connectivity index (χ0) is 20.1. The lowest BCUT2D eigenvalue weighted by atomic mass is 10.1. The lowest BCUT2D eigenvalue weighted by Crippen LogP contribution is -2.09. The van der Waals surface area contributed by atoms with E-state index < -0.39 is 0 Å². The molecule has 0 atom stereocenters. The van der Waals surface area contributed by atoms with Crippen molar-refractivity contribution in [1.29, 1.82) is 0 Å². The summed E-state index contributed by atoms with van der Waals surface area (Å²) >= 11 is 0. The molecule has 0 amide bonds. The molecule has 3 rings (SSSR count). The highest BCUT2D eigenvalue weighted by molar-refractivity contribution is 5.70. The normalized spacial score (nSPS) is 10.7. The van der Waals surface area contributed by atoms with Gasteiger partial charge in [0.2, 0.25) is 0 Å². The molecule has 4 heteroatoms. The van der Waals surface area contributed by atoms with Gasteiger partial charge in [-0.2, -0.15) is 0 Å². The number of aromatic nitrogens is 1. The van der Waals surface area contributed by atoms with Gasteiger partial charge < -0.3 is 14.0 Å². The van der Waals surface area contributed by atoms with Crippen LogP contribution in [0, 0.1) is 13.8 Å². The number of benzene rings is 2. The second-order valence-electron chi connectivity index (χ2n) is 6.87. The van der Waals surface area contributed by atoms with Gasteiger partial charge in [0.25, 0.3) is 0 Å². The van der Waals surface area contributed by atoms with Gasteiger partial charge in [0, 0.05) is 11.4 Å². The standard InChI is InChI=1S/C24H27NO3/c1-5-28-24(26)15-10-20-9-14-23(19-7-11-21(27-4)12-8-19)25(20)22-13-6-17(2)16-18(22)3/h6-9,11-14,16H,5,10,15H2,1-4H3. The number of carbonyl (C=O) groups excluding carboxylic acids is 1. The fourth-order valence-electron chi connectivity index (χ4n) is 3.47. The first-order valence-corrected chi connectivity index (χ1v) is 9.61. The van der Waals surface area contributed by atoms with E-state index in [1.807, 2.05) is 19.1 Å². The lowest BCUT2D eigenvalue weighted by Gasteiger charge is -2.17. The summed E-state index contributed by atoms with van der Waals surface area (Å²) in [5.41, 5.74) is 6.83. The molecule has 146 valence electrons. The number of esters is 1. The summed E-state index contributed by atoms with van der Waals surface area (Å²) in [6, 6.07) is 18.7. The van der Waals surface area contributed by atoms with Crippen LogP contribution in [-0.4, -0.2) is 24.3 Å². The van der Waals surface area contributed by atoms with Gasteiger partial charge in [-0.25, -0.2) is 0 Å². The molecule has 0 N–H and O–H groups in total. The molecule has 1 aromatic heterocycles. The van der Waals surface area contributed by atoms with E-state index in [0.29, 0.717) is 19.4 Å². The Bertz CT molecular complexity index is 954. The number of rotatable bonds is 7. The molecule has 0 saturated carbocycles. The smallest absolute Gasteiger partial charge is 0.306 e. The Morgan fingerprint density at radius 1 is 1.00 bits per heavy atom. The largest absolute Gasteiger partial charge is 0.497 e. The molecule has 1 heterocycles. The van der Waals surface area contributed by atoms with Crippen molar-refractivity contribution in [3.63, 3.8) is 0 Å². The molecular weight excluding hydrogens is 350 g/mol. The van der Waals surface area contributed by atoms with Crippen LogP contribution >= 0.6 is 0 Å². The van der Waals surface area contributed by atoms with Gasteiger partial charge in [0.1, 0.15) is 5.75 Å². The topological polar surface area (TPSA) is 40.5 Å². The van der Waals surface area contributed by atoms with Crippen LogP contribution in [0.1, 0.15) is 30.2 Å². The molecule has 0 spiro atoms. The second-order valence-corrected chi connectivity index (χ2v) is 6.87. The van der Waals surface area contributed by atoms with Crippen molar-refractivity contribution in [1.82, 2.24) is 4.57 Å². The maximum atomic E-state index is 11.9. The van der Waals surface area contributed by atoms with E-state index >= 15 is 0 Å². The highest BCUT2D eigenvalue weighted by atomic mass is 16.5. The summed E-state index contributed by atoms with van der Waals surface area (Å²) in [6.45, 7) is 6.46. The van der Waals surface area contributed by atoms with Gasteiger partial charge in [0.15, 0.2) is 0 Å². The maximum Gasteiger partial charge on any atom is 0.306 e. The van der Waals surface area contributed by atoms with E-state index in [1.165, 1.54) is 11.1 Å². The Kier molecular flexibility index (Phi) is 6.19. The molecule has 28 heavy (non-hydrogen) atoms. The van der Waals surface area contributed by atoms with Crippen molar-refractivity contribution in [2.45, 2.75) is 33.6 Å². The predicted octanol–water partition coefficient (Wildman–Crippen LogP) is 5.27. The number of nitrogens with zero attached hydrogens (tertiary/aromatic N) is 1. The molecule has 0 radical (unpaired) electrons. The van der Waals surface area contributed by atoms with Gasteiger partial charge in [-0.1, -0.05) is 17.7 Å². The molecule has 0 aliphatic heterocycles. The van der Waals surface area contributed by atoms with Crippen LogP contribution in [0.3, 0.4) is 0 Å². The molecule has 3 aromatic rings. The maximum absolute atomic E-state index is 11.9. The molecule has 0 bridgehead atoms. The van der Waals surface area contributed by atoms with Crippen LogP contribution in [0.25, 0.3) is 16.9 Å². The molecule has 0 fully saturated rings. The van der Waals surface area contributed by atoms with Crippen molar-refractivity contribution in [2.75, 3.05) is 13.7 Å². The van der Waals surface area contributed by atoms with Crippen molar-refractivity contribution in [2.24, 2.45) is 0 Å². The van der Waals surface area contributed by atoms with Crippen LogP contribution in [0.2, 0.25) is 0 Å². The predicted molar refractivity (Wildman–Crippen MR) is 112 cm³/mol. The number of hydrogen-bond donors (Lipinski definition) is 0. The van der Waals surface area contributed by atoms with Crippen LogP contribution in [0.15, 0.2) is 54.6 Å². The lowest BCUT2D eigenvalue weighted by molar-refractivity contribution is -0.143. The molecule has 0 unspecified atom stereocenters. The third-order valence-electron chi connectivity index (χ3n) is 4.83. The number of hydrogen-bond acceptors (Lipinski definition) is 3. The third-order valence-corrected chi connectivity index (χ3v) is 4.83. The molecule has 4 nitrogen and oxygen atoms in total. The van der Waals surface area contributed by atoms with E-state index in [2.05, 4.69) is 60.9 Å². The van der Waals surface area contributed by atoms with Crippen molar-refractivity contribution >= 4 is 5.97 Å². The van der Waals surface area contributed by atoms with Crippen molar-refractivity contribution in [3.05, 3.63) is 71.4 Å². The fraction of sp³-hybridized carbons (Fsp3) is 0.292. The summed E-state index contributed by atoms with van der Waals surface area (Å²) in [4.78, 5) is 11.9. The van der Waals surface area contributed by atoms with Gasteiger partial charge in [-0.3, -0.25) is 4.79 Å². The minimum absolute atomic E-state index is 0.165. The summed E-state index contributed by atoms with van der Waals surface area (Å²) < 4.78 is 12.6. The first-order valence-electron chi connectivity index (χ1n) is 9.61. The van der Waals surface area contributed by atoms with E-state index in [0.717, 1.165) is 28.4 Å². The van der Waals surface area contributed by atoms with Gasteiger partial charge >= 0.3 is 5.97 Å². The number of aryl methyl sites for hydroxylation is 3. The monoisotopic (exact) mass is 377 g/mol. The van der Waals surface area contributed by atoms with Gasteiger partial charge in [0.05, 0.1) is 25.8 Å². The second kappa shape index (κ2) is 8.79. The highest BCUT2D eigenvalue weighted by Crippen LogP contribution is 2.30. The quantitative estimate of drug-likeness (QED) is 0.527. The molecule has 0 aliphatic carbocycles. The van der Waals surface area contributed by atoms with E-state index in [4.69, 9.17) is 9.47 Å². The Balaban J connectivity index is 2.05. The van der Waals surface area contributed by atoms with Crippen LogP contribution in [-0.2, 0) is 16.0 Å². The number of carbonyl (C=O) groups is 1. The first-order chi connectivity index (χ1) is 13.5. The Labute approximate surface area is 166 Å². The minimum atomic E-state index is -0.165. The minimum Gasteiger partial charge on any atom is -0.497 e. The molecule has 0 saturated heterocycles. The van der Waals surface area contributed by atoms with Crippen LogP contribution < -0.4 is 4.74 Å². The van der Waals surface area contributed by atoms with Crippen LogP contribution in [0.5, 0.6) is 5.75 Å². The van der Waals surface area contributed by atoms with Gasteiger partial charge in [-0.15, -0.1) is 0 Å². The highest BCUT2D eigenvalue weighted by Gasteiger charge is 2.15. The fourth-order valence-corrected chi connectivity index (χ4v) is 3.47. The Morgan fingerprint density at radius 2 is 1.75 bits per heavy atom. The molecule has 2 aromatic carbocycles. The summed E-state index contributed by atoms with van der Waals surface area (Å²) in [6.07, 6.45) is 0.993. The first kappa shape index (κ1) is 19.7. The van der Waals surface area contributed by atoms with E-state index in [1.54, 1.807) is 7.11 Å². The third kappa shape index (κ3) is 4.28. The average molecular weight is 377 g/mol. The van der Waals surface area contributed by atoms with Crippen LogP contribution in [0.4, 0.5) is 0 Å². The number of ether oxygens (including phenoxy) is 2. The van der Waals surface area contributed by atoms with Crippen molar-refractivity contribution < 1.29 is 14.3 Å². The zero-order valence-electron chi connectivity index (χ0n) is 17.0. The average Bonchev–Trinajstić information content (AvgIpc) is 3.10.